The quantitative estimate of drug-likeness (QED) is 0.258. The number of nitrogens with zero attached hydrogens (tertiary/aromatic N) is 8. The van der Waals surface area contributed by atoms with E-state index >= 15 is 0 Å². The number of hydrogen-bond acceptors (Lipinski definition) is 11. The fraction of sp³-hybridized carbons (Fsp3) is 0.429. The lowest BCUT2D eigenvalue weighted by molar-refractivity contribution is -0.138. The van der Waals surface area contributed by atoms with Gasteiger partial charge in [0, 0.05) is 19.1 Å². The van der Waals surface area contributed by atoms with E-state index in [1.165, 1.54) is 18.4 Å². The predicted octanol–water partition coefficient (Wildman–Crippen LogP) is 4.10. The van der Waals surface area contributed by atoms with Gasteiger partial charge >= 0.3 is 6.18 Å². The molecular formula is C28H30F3N9O3S. The Balaban J connectivity index is 1.14. The molecular weight excluding hydrogens is 599 g/mol. The van der Waals surface area contributed by atoms with Crippen molar-refractivity contribution in [2.75, 3.05) is 37.0 Å². The highest BCUT2D eigenvalue weighted by Crippen LogP contribution is 2.32. The second kappa shape index (κ2) is 13.4. The predicted molar refractivity (Wildman–Crippen MR) is 156 cm³/mol. The minimum absolute atomic E-state index is 0.0516. The number of piperidine rings is 1. The van der Waals surface area contributed by atoms with Crippen LogP contribution in [0.15, 0.2) is 47.7 Å². The molecule has 0 bridgehead atoms. The molecule has 0 spiro atoms. The van der Waals surface area contributed by atoms with Gasteiger partial charge in [0.1, 0.15) is 28.0 Å². The molecule has 4 aromatic rings. The summed E-state index contributed by atoms with van der Waals surface area (Å²) in [5, 5.41) is 25.0. The van der Waals surface area contributed by atoms with E-state index < -0.39 is 29.0 Å². The molecule has 0 aliphatic carbocycles. The van der Waals surface area contributed by atoms with Crippen LogP contribution >= 0.6 is 11.3 Å². The lowest BCUT2D eigenvalue weighted by Gasteiger charge is -2.31. The van der Waals surface area contributed by atoms with Crippen LogP contribution in [0.3, 0.4) is 0 Å². The van der Waals surface area contributed by atoms with Crippen LogP contribution in [0.4, 0.5) is 24.0 Å². The van der Waals surface area contributed by atoms with Gasteiger partial charge < -0.3 is 19.7 Å². The first-order valence-electron chi connectivity index (χ1n) is 13.8. The summed E-state index contributed by atoms with van der Waals surface area (Å²) in [6, 6.07) is 8.32. The Bertz CT molecular complexity index is 1660. The summed E-state index contributed by atoms with van der Waals surface area (Å²) < 4.78 is 55.3. The molecule has 0 amide bonds. The maximum absolute atomic E-state index is 14.0. The zero-order chi connectivity index (χ0) is 31.3. The van der Waals surface area contributed by atoms with Gasteiger partial charge in [-0.2, -0.15) is 23.5 Å². The van der Waals surface area contributed by atoms with Gasteiger partial charge in [-0.15, -0.1) is 5.10 Å². The maximum Gasteiger partial charge on any atom is 0.423 e. The molecule has 4 heterocycles. The van der Waals surface area contributed by atoms with Crippen molar-refractivity contribution in [3.05, 3.63) is 74.9 Å². The lowest BCUT2D eigenvalue weighted by atomic mass is 10.1. The Morgan fingerprint density at radius 3 is 2.61 bits per heavy atom. The molecule has 1 atom stereocenters. The lowest BCUT2D eigenvalue weighted by Crippen LogP contribution is -2.34. The average molecular weight is 630 g/mol. The van der Waals surface area contributed by atoms with E-state index in [0.29, 0.717) is 21.9 Å². The number of methoxy groups -OCH3 is 1. The molecule has 3 aromatic heterocycles. The Labute approximate surface area is 254 Å². The fourth-order valence-corrected chi connectivity index (χ4v) is 5.64. The van der Waals surface area contributed by atoms with Gasteiger partial charge in [-0.3, -0.25) is 4.79 Å². The molecule has 1 saturated heterocycles. The molecule has 232 valence electrons. The first-order chi connectivity index (χ1) is 21.1. The van der Waals surface area contributed by atoms with Gasteiger partial charge in [-0.1, -0.05) is 28.7 Å². The van der Waals surface area contributed by atoms with Crippen LogP contribution < -0.4 is 20.5 Å². The number of halogens is 3. The molecule has 5 rings (SSSR count). The number of aromatic nitrogens is 6. The molecule has 44 heavy (non-hydrogen) atoms. The number of alkyl halides is 3. The molecule has 0 saturated carbocycles. The van der Waals surface area contributed by atoms with Crippen LogP contribution in [0.5, 0.6) is 5.75 Å². The normalized spacial score (nSPS) is 14.8. The second-order valence-corrected chi connectivity index (χ2v) is 11.3. The van der Waals surface area contributed by atoms with Crippen LogP contribution in [0.25, 0.3) is 0 Å². The zero-order valence-corrected chi connectivity index (χ0v) is 24.8. The third kappa shape index (κ3) is 7.34. The topological polar surface area (TPSA) is 136 Å². The van der Waals surface area contributed by atoms with Gasteiger partial charge in [-0.25, -0.2) is 14.3 Å². The van der Waals surface area contributed by atoms with Crippen molar-refractivity contribution >= 4 is 22.2 Å². The van der Waals surface area contributed by atoms with Crippen LogP contribution in [-0.2, 0) is 24.1 Å². The van der Waals surface area contributed by atoms with E-state index in [1.54, 1.807) is 37.4 Å². The number of anilines is 2. The van der Waals surface area contributed by atoms with Gasteiger partial charge in [0.25, 0.3) is 5.56 Å². The van der Waals surface area contributed by atoms with Crippen molar-refractivity contribution in [1.29, 1.82) is 5.26 Å². The molecule has 1 N–H and O–H groups in total. The molecule has 1 aliphatic heterocycles. The molecule has 16 heteroatoms. The Hall–Kier alpha value is -4.49. The zero-order valence-electron chi connectivity index (χ0n) is 24.0. The standard InChI is InChI=1S/C28H30F3N9O3S/c1-18(35-24-13-34-40(26(41)25(24)28(29,30)31)14-19-3-5-22(42-2)6-4-19)16-43-17-20-15-39(37-36-20)21-7-9-38(10-8-21)27-33-12-23(11-32)44-27/h3-6,12-13,15,18,21,35H,7-10,14,16-17H2,1-2H3. The molecule has 1 unspecified atom stereocenters. The van der Waals surface area contributed by atoms with Gasteiger partial charge in [0.15, 0.2) is 5.13 Å². The third-order valence-corrected chi connectivity index (χ3v) is 8.07. The largest absolute Gasteiger partial charge is 0.497 e. The highest BCUT2D eigenvalue weighted by molar-refractivity contribution is 7.16. The SMILES string of the molecule is COc1ccc(Cn2ncc(NC(C)COCc3cn(C4CCN(c5ncc(C#N)s5)CC4)nn3)c(C(F)(F)F)c2=O)cc1. The van der Waals surface area contributed by atoms with Crippen LogP contribution in [0, 0.1) is 11.3 Å². The maximum atomic E-state index is 14.0. The van der Waals surface area contributed by atoms with Gasteiger partial charge in [-0.05, 0) is 37.5 Å². The number of hydrogen-bond donors (Lipinski definition) is 1. The van der Waals surface area contributed by atoms with Crippen LogP contribution in [0.1, 0.15) is 47.5 Å². The van der Waals surface area contributed by atoms with E-state index in [-0.39, 0.29) is 25.8 Å². The Morgan fingerprint density at radius 2 is 1.95 bits per heavy atom. The fourth-order valence-electron chi connectivity index (χ4n) is 4.88. The highest BCUT2D eigenvalue weighted by atomic mass is 32.1. The van der Waals surface area contributed by atoms with Gasteiger partial charge in [0.05, 0.1) is 57.2 Å². The third-order valence-electron chi connectivity index (χ3n) is 7.11. The summed E-state index contributed by atoms with van der Waals surface area (Å²) >= 11 is 1.37. The summed E-state index contributed by atoms with van der Waals surface area (Å²) in [5.41, 5.74) is -1.78. The van der Waals surface area contributed by atoms with Crippen molar-refractivity contribution in [1.82, 2.24) is 29.8 Å². The number of benzene rings is 1. The van der Waals surface area contributed by atoms with Crippen LogP contribution in [0.2, 0.25) is 0 Å². The van der Waals surface area contributed by atoms with Crippen molar-refractivity contribution in [2.24, 2.45) is 0 Å². The molecule has 1 aliphatic rings. The summed E-state index contributed by atoms with van der Waals surface area (Å²) in [5.74, 6) is 0.589. The Morgan fingerprint density at radius 1 is 1.20 bits per heavy atom. The molecule has 1 fully saturated rings. The number of nitriles is 1. The minimum Gasteiger partial charge on any atom is -0.497 e. The van der Waals surface area contributed by atoms with E-state index in [0.717, 1.165) is 41.9 Å². The van der Waals surface area contributed by atoms with Gasteiger partial charge in [0.2, 0.25) is 0 Å². The van der Waals surface area contributed by atoms with E-state index in [4.69, 9.17) is 14.7 Å². The second-order valence-electron chi connectivity index (χ2n) is 10.3. The minimum atomic E-state index is -4.89. The van der Waals surface area contributed by atoms with Crippen molar-refractivity contribution in [3.63, 3.8) is 0 Å². The number of nitrogens with one attached hydrogen (secondary N) is 1. The molecule has 0 radical (unpaired) electrons. The monoisotopic (exact) mass is 629 g/mol. The van der Waals surface area contributed by atoms with E-state index in [2.05, 4.69) is 36.7 Å². The van der Waals surface area contributed by atoms with Crippen molar-refractivity contribution in [3.8, 4) is 11.8 Å². The number of rotatable bonds is 11. The van der Waals surface area contributed by atoms with E-state index in [1.807, 2.05) is 10.9 Å². The van der Waals surface area contributed by atoms with Crippen molar-refractivity contribution < 1.29 is 22.6 Å². The average Bonchev–Trinajstić information content (AvgIpc) is 3.69. The summed E-state index contributed by atoms with van der Waals surface area (Å²) in [6.45, 7) is 3.25. The molecule has 12 nitrogen and oxygen atoms in total. The van der Waals surface area contributed by atoms with Crippen molar-refractivity contribution in [2.45, 2.75) is 51.2 Å². The Kier molecular flexibility index (Phi) is 9.45. The summed E-state index contributed by atoms with van der Waals surface area (Å²) in [7, 11) is 1.50. The molecule has 1 aromatic carbocycles. The number of thiazole rings is 1. The first-order valence-corrected chi connectivity index (χ1v) is 14.6. The smallest absolute Gasteiger partial charge is 0.423 e. The highest BCUT2D eigenvalue weighted by Gasteiger charge is 2.38. The summed E-state index contributed by atoms with van der Waals surface area (Å²) in [6.07, 6.45) is 1.18. The van der Waals surface area contributed by atoms with E-state index in [9.17, 15) is 18.0 Å². The first kappa shape index (κ1) is 31.0. The number of ether oxygens (including phenoxy) is 2. The van der Waals surface area contributed by atoms with Crippen LogP contribution in [-0.4, -0.2) is 62.6 Å². The summed E-state index contributed by atoms with van der Waals surface area (Å²) in [4.78, 5) is 19.9.